The second kappa shape index (κ2) is 6.11. The Morgan fingerprint density at radius 1 is 1.30 bits per heavy atom. The van der Waals surface area contributed by atoms with E-state index in [1.54, 1.807) is 20.8 Å². The number of carbonyl (C=O) groups excluding carboxylic acids is 2. The van der Waals surface area contributed by atoms with Gasteiger partial charge in [0.25, 0.3) is 0 Å². The number of rotatable bonds is 4. The van der Waals surface area contributed by atoms with Crippen molar-refractivity contribution < 1.29 is 18.0 Å². The van der Waals surface area contributed by atoms with Gasteiger partial charge in [-0.25, -0.2) is 8.42 Å². The zero-order valence-corrected chi connectivity index (χ0v) is 13.4. The Balaban J connectivity index is 2.76. The fourth-order valence-corrected chi connectivity index (χ4v) is 3.00. The van der Waals surface area contributed by atoms with Crippen LogP contribution in [0, 0.1) is 0 Å². The number of sulfone groups is 1. The van der Waals surface area contributed by atoms with E-state index in [0.29, 0.717) is 6.42 Å². The lowest BCUT2D eigenvalue weighted by atomic mass is 10.2. The minimum atomic E-state index is -3.27. The molecule has 116 valence electrons. The third-order valence-corrected chi connectivity index (χ3v) is 6.11. The molecule has 6 nitrogen and oxygen atoms in total. The number of hydrogen-bond donors (Lipinski definition) is 1. The van der Waals surface area contributed by atoms with Crippen molar-refractivity contribution in [2.45, 2.75) is 51.3 Å². The smallest absolute Gasteiger partial charge is 0.245 e. The van der Waals surface area contributed by atoms with Crippen molar-refractivity contribution in [2.75, 3.05) is 18.8 Å². The molecule has 0 aromatic carbocycles. The standard InChI is InChI=1S/C13H24N2O4S/c1-5-10-12(17)15(7-6-11(16)14-10)8-9-20(18,19)13(2,3)4/h10H,5-9H2,1-4H3,(H,14,16). The predicted molar refractivity (Wildman–Crippen MR) is 77.0 cm³/mol. The summed E-state index contributed by atoms with van der Waals surface area (Å²) >= 11 is 0. The van der Waals surface area contributed by atoms with E-state index < -0.39 is 20.6 Å². The van der Waals surface area contributed by atoms with Gasteiger partial charge < -0.3 is 10.2 Å². The molecular formula is C13H24N2O4S. The molecule has 0 radical (unpaired) electrons. The summed E-state index contributed by atoms with van der Waals surface area (Å²) in [5, 5.41) is 2.66. The second-order valence-corrected chi connectivity index (χ2v) is 8.90. The largest absolute Gasteiger partial charge is 0.344 e. The monoisotopic (exact) mass is 304 g/mol. The Bertz CT molecular complexity index is 479. The minimum Gasteiger partial charge on any atom is -0.344 e. The SMILES string of the molecule is CCC1NC(=O)CCN(CCS(=O)(=O)C(C)(C)C)C1=O. The molecule has 1 saturated heterocycles. The van der Waals surface area contributed by atoms with Crippen LogP contribution in [-0.2, 0) is 19.4 Å². The Morgan fingerprint density at radius 2 is 1.90 bits per heavy atom. The van der Waals surface area contributed by atoms with Crippen molar-refractivity contribution in [1.29, 1.82) is 0 Å². The Morgan fingerprint density at radius 3 is 2.40 bits per heavy atom. The topological polar surface area (TPSA) is 83.6 Å². The molecule has 20 heavy (non-hydrogen) atoms. The number of hydrogen-bond acceptors (Lipinski definition) is 4. The highest BCUT2D eigenvalue weighted by molar-refractivity contribution is 7.92. The lowest BCUT2D eigenvalue weighted by Gasteiger charge is -2.25. The van der Waals surface area contributed by atoms with Crippen LogP contribution in [0.1, 0.15) is 40.5 Å². The van der Waals surface area contributed by atoms with E-state index in [2.05, 4.69) is 5.32 Å². The average Bonchev–Trinajstić information content (AvgIpc) is 2.46. The summed E-state index contributed by atoms with van der Waals surface area (Å²) in [5.74, 6) is -0.429. The normalized spacial score (nSPS) is 21.6. The zero-order chi connectivity index (χ0) is 15.6. The van der Waals surface area contributed by atoms with Crippen LogP contribution in [0.3, 0.4) is 0 Å². The van der Waals surface area contributed by atoms with Gasteiger partial charge in [-0.3, -0.25) is 9.59 Å². The van der Waals surface area contributed by atoms with E-state index in [0.717, 1.165) is 0 Å². The number of nitrogens with zero attached hydrogens (tertiary/aromatic N) is 1. The van der Waals surface area contributed by atoms with Gasteiger partial charge in [0, 0.05) is 19.5 Å². The van der Waals surface area contributed by atoms with E-state index in [-0.39, 0.29) is 37.1 Å². The van der Waals surface area contributed by atoms with Gasteiger partial charge in [0.05, 0.1) is 10.5 Å². The summed E-state index contributed by atoms with van der Waals surface area (Å²) in [6.45, 7) is 7.18. The summed E-state index contributed by atoms with van der Waals surface area (Å²) in [4.78, 5) is 25.2. The summed E-state index contributed by atoms with van der Waals surface area (Å²) in [7, 11) is -3.27. The van der Waals surface area contributed by atoms with Crippen molar-refractivity contribution in [3.8, 4) is 0 Å². The van der Waals surface area contributed by atoms with Crippen molar-refractivity contribution in [3.63, 3.8) is 0 Å². The van der Waals surface area contributed by atoms with Crippen LogP contribution in [-0.4, -0.2) is 54.8 Å². The van der Waals surface area contributed by atoms with E-state index in [4.69, 9.17) is 0 Å². The van der Waals surface area contributed by atoms with Gasteiger partial charge in [0.15, 0.2) is 9.84 Å². The average molecular weight is 304 g/mol. The highest BCUT2D eigenvalue weighted by atomic mass is 32.2. The minimum absolute atomic E-state index is 0.0765. The van der Waals surface area contributed by atoms with Gasteiger partial charge in [-0.2, -0.15) is 0 Å². The van der Waals surface area contributed by atoms with Crippen LogP contribution in [0.4, 0.5) is 0 Å². The van der Waals surface area contributed by atoms with Gasteiger partial charge in [-0.1, -0.05) is 6.92 Å². The number of nitrogens with one attached hydrogen (secondary N) is 1. The van der Waals surface area contributed by atoms with Crippen LogP contribution in [0.2, 0.25) is 0 Å². The zero-order valence-electron chi connectivity index (χ0n) is 12.6. The van der Waals surface area contributed by atoms with Gasteiger partial charge in [-0.05, 0) is 27.2 Å². The second-order valence-electron chi connectivity index (χ2n) is 6.03. The van der Waals surface area contributed by atoms with E-state index >= 15 is 0 Å². The van der Waals surface area contributed by atoms with Crippen LogP contribution < -0.4 is 5.32 Å². The molecule has 0 spiro atoms. The molecular weight excluding hydrogens is 280 g/mol. The summed E-state index contributed by atoms with van der Waals surface area (Å²) in [6.07, 6.45) is 0.727. The molecule has 1 aliphatic heterocycles. The maximum absolute atomic E-state index is 12.2. The highest BCUT2D eigenvalue weighted by Gasteiger charge is 2.32. The number of carbonyl (C=O) groups is 2. The molecule has 0 bridgehead atoms. The Kier molecular flexibility index (Phi) is 5.18. The van der Waals surface area contributed by atoms with Crippen LogP contribution >= 0.6 is 0 Å². The lowest BCUT2D eigenvalue weighted by molar-refractivity contribution is -0.133. The van der Waals surface area contributed by atoms with Crippen molar-refractivity contribution in [3.05, 3.63) is 0 Å². The van der Waals surface area contributed by atoms with Crippen LogP contribution in [0.25, 0.3) is 0 Å². The quantitative estimate of drug-likeness (QED) is 0.811. The molecule has 7 heteroatoms. The Labute approximate surface area is 120 Å². The fourth-order valence-electron chi connectivity index (χ4n) is 1.93. The first-order chi connectivity index (χ1) is 9.08. The summed E-state index contributed by atoms with van der Waals surface area (Å²) in [6, 6.07) is -0.539. The van der Waals surface area contributed by atoms with Crippen molar-refractivity contribution in [2.24, 2.45) is 0 Å². The van der Waals surface area contributed by atoms with E-state index in [9.17, 15) is 18.0 Å². The summed E-state index contributed by atoms with van der Waals surface area (Å²) < 4.78 is 23.3. The summed E-state index contributed by atoms with van der Waals surface area (Å²) in [5.41, 5.74) is 0. The number of amides is 2. The molecule has 0 aliphatic carbocycles. The molecule has 1 rings (SSSR count). The van der Waals surface area contributed by atoms with Gasteiger partial charge >= 0.3 is 0 Å². The first kappa shape index (κ1) is 16.9. The maximum Gasteiger partial charge on any atom is 0.245 e. The van der Waals surface area contributed by atoms with Crippen molar-refractivity contribution in [1.82, 2.24) is 10.2 Å². The van der Waals surface area contributed by atoms with Gasteiger partial charge in [0.1, 0.15) is 6.04 Å². The third-order valence-electron chi connectivity index (χ3n) is 3.52. The predicted octanol–water partition coefficient (Wildman–Crippen LogP) is 0.327. The Hall–Kier alpha value is -1.11. The van der Waals surface area contributed by atoms with Gasteiger partial charge in [0.2, 0.25) is 11.8 Å². The molecule has 0 saturated carbocycles. The third kappa shape index (κ3) is 3.94. The molecule has 1 atom stereocenters. The molecule has 2 amide bonds. The molecule has 1 heterocycles. The molecule has 0 aromatic heterocycles. The molecule has 1 aliphatic rings. The van der Waals surface area contributed by atoms with Crippen molar-refractivity contribution >= 4 is 21.7 Å². The lowest BCUT2D eigenvalue weighted by Crippen LogP contribution is -2.46. The van der Waals surface area contributed by atoms with Gasteiger partial charge in [-0.15, -0.1) is 0 Å². The molecule has 1 N–H and O–H groups in total. The molecule has 0 aromatic rings. The molecule has 1 fully saturated rings. The molecule has 1 unspecified atom stereocenters. The first-order valence-corrected chi connectivity index (χ1v) is 8.54. The maximum atomic E-state index is 12.2. The highest BCUT2D eigenvalue weighted by Crippen LogP contribution is 2.16. The first-order valence-electron chi connectivity index (χ1n) is 6.89. The van der Waals surface area contributed by atoms with Crippen LogP contribution in [0.15, 0.2) is 0 Å². The van der Waals surface area contributed by atoms with Crippen LogP contribution in [0.5, 0.6) is 0 Å². The van der Waals surface area contributed by atoms with E-state index in [1.165, 1.54) is 4.90 Å². The fraction of sp³-hybridized carbons (Fsp3) is 0.846. The van der Waals surface area contributed by atoms with E-state index in [1.807, 2.05) is 6.92 Å².